The molecular weight excluding hydrogens is 294 g/mol. The highest BCUT2D eigenvalue weighted by Gasteiger charge is 2.30. The zero-order valence-electron chi connectivity index (χ0n) is 12.4. The lowest BCUT2D eigenvalue weighted by Crippen LogP contribution is -2.41. The Morgan fingerprint density at radius 1 is 1.29 bits per heavy atom. The standard InChI is InChI=1S/C14H21NO5S/c1-4-11(3)15(10-14(16)17)21(18,19)13-8-6-12(7-9-13)20-5-2/h6-9,11H,4-5,10H2,1-3H3,(H,16,17). The van der Waals surface area contributed by atoms with Crippen LogP contribution in [0, 0.1) is 0 Å². The van der Waals surface area contributed by atoms with E-state index in [9.17, 15) is 13.2 Å². The summed E-state index contributed by atoms with van der Waals surface area (Å²) in [5.74, 6) is -0.602. The normalized spacial score (nSPS) is 13.1. The molecule has 1 unspecified atom stereocenters. The molecule has 0 aromatic heterocycles. The van der Waals surface area contributed by atoms with Crippen LogP contribution in [0.4, 0.5) is 0 Å². The third kappa shape index (κ3) is 4.44. The number of ether oxygens (including phenoxy) is 1. The Bertz CT molecular complexity index is 568. The molecule has 0 saturated carbocycles. The molecule has 0 radical (unpaired) electrons. The highest BCUT2D eigenvalue weighted by atomic mass is 32.2. The van der Waals surface area contributed by atoms with Gasteiger partial charge in [-0.3, -0.25) is 4.79 Å². The van der Waals surface area contributed by atoms with E-state index in [2.05, 4.69) is 0 Å². The first kappa shape index (κ1) is 17.5. The minimum Gasteiger partial charge on any atom is -0.494 e. The van der Waals surface area contributed by atoms with Crippen molar-refractivity contribution in [1.82, 2.24) is 4.31 Å². The average Bonchev–Trinajstić information content (AvgIpc) is 2.44. The van der Waals surface area contributed by atoms with Crippen LogP contribution in [0.25, 0.3) is 0 Å². The minimum atomic E-state index is -3.84. The summed E-state index contributed by atoms with van der Waals surface area (Å²) in [4.78, 5) is 11.0. The van der Waals surface area contributed by atoms with Gasteiger partial charge in [-0.25, -0.2) is 8.42 Å². The summed E-state index contributed by atoms with van der Waals surface area (Å²) in [6.45, 7) is 5.28. The number of benzene rings is 1. The predicted molar refractivity (Wildman–Crippen MR) is 78.9 cm³/mol. The fraction of sp³-hybridized carbons (Fsp3) is 0.500. The second-order valence-electron chi connectivity index (χ2n) is 4.61. The van der Waals surface area contributed by atoms with E-state index in [1.165, 1.54) is 12.1 Å². The molecule has 0 aliphatic carbocycles. The van der Waals surface area contributed by atoms with E-state index in [-0.39, 0.29) is 4.90 Å². The van der Waals surface area contributed by atoms with E-state index >= 15 is 0 Å². The maximum Gasteiger partial charge on any atom is 0.318 e. The van der Waals surface area contributed by atoms with Gasteiger partial charge in [0.1, 0.15) is 12.3 Å². The minimum absolute atomic E-state index is 0.0625. The number of nitrogens with zero attached hydrogens (tertiary/aromatic N) is 1. The van der Waals surface area contributed by atoms with Crippen molar-refractivity contribution < 1.29 is 23.1 Å². The molecule has 7 heteroatoms. The van der Waals surface area contributed by atoms with Gasteiger partial charge in [0.15, 0.2) is 0 Å². The fourth-order valence-corrected chi connectivity index (χ4v) is 3.48. The van der Waals surface area contributed by atoms with E-state index in [0.29, 0.717) is 18.8 Å². The third-order valence-electron chi connectivity index (χ3n) is 3.11. The Morgan fingerprint density at radius 2 is 1.86 bits per heavy atom. The molecule has 1 atom stereocenters. The monoisotopic (exact) mass is 315 g/mol. The van der Waals surface area contributed by atoms with E-state index < -0.39 is 28.6 Å². The van der Waals surface area contributed by atoms with Crippen LogP contribution in [0.3, 0.4) is 0 Å². The average molecular weight is 315 g/mol. The predicted octanol–water partition coefficient (Wildman–Crippen LogP) is 1.96. The van der Waals surface area contributed by atoms with Crippen LogP contribution in [0.15, 0.2) is 29.2 Å². The maximum absolute atomic E-state index is 12.6. The van der Waals surface area contributed by atoms with Crippen molar-refractivity contribution in [2.24, 2.45) is 0 Å². The molecule has 0 aliphatic heterocycles. The largest absolute Gasteiger partial charge is 0.494 e. The highest BCUT2D eigenvalue weighted by molar-refractivity contribution is 7.89. The van der Waals surface area contributed by atoms with Crippen molar-refractivity contribution in [3.63, 3.8) is 0 Å². The molecule has 1 rings (SSSR count). The van der Waals surface area contributed by atoms with Crippen molar-refractivity contribution in [1.29, 1.82) is 0 Å². The fourth-order valence-electron chi connectivity index (χ4n) is 1.82. The topological polar surface area (TPSA) is 83.9 Å². The van der Waals surface area contributed by atoms with Crippen LogP contribution in [-0.4, -0.2) is 43.0 Å². The van der Waals surface area contributed by atoms with Crippen LogP contribution in [-0.2, 0) is 14.8 Å². The number of carbonyl (C=O) groups is 1. The van der Waals surface area contributed by atoms with Gasteiger partial charge in [0.25, 0.3) is 0 Å². The first-order chi connectivity index (χ1) is 9.82. The summed E-state index contributed by atoms with van der Waals surface area (Å²) in [7, 11) is -3.84. The van der Waals surface area contributed by atoms with Gasteiger partial charge >= 0.3 is 5.97 Å². The Hall–Kier alpha value is -1.60. The van der Waals surface area contributed by atoms with Gasteiger partial charge in [-0.15, -0.1) is 0 Å². The summed E-state index contributed by atoms with van der Waals surface area (Å²) in [5.41, 5.74) is 0. The zero-order chi connectivity index (χ0) is 16.0. The van der Waals surface area contributed by atoms with E-state index in [1.807, 2.05) is 13.8 Å². The molecule has 1 N–H and O–H groups in total. The highest BCUT2D eigenvalue weighted by Crippen LogP contribution is 2.22. The van der Waals surface area contributed by atoms with Crippen LogP contribution in [0.5, 0.6) is 5.75 Å². The number of hydrogen-bond acceptors (Lipinski definition) is 4. The molecule has 0 heterocycles. The summed E-state index contributed by atoms with van der Waals surface area (Å²) >= 11 is 0. The van der Waals surface area contributed by atoms with E-state index in [4.69, 9.17) is 9.84 Å². The summed E-state index contributed by atoms with van der Waals surface area (Å²) in [6.07, 6.45) is 0.531. The first-order valence-electron chi connectivity index (χ1n) is 6.79. The molecule has 118 valence electrons. The van der Waals surface area contributed by atoms with Crippen molar-refractivity contribution in [2.45, 2.75) is 38.1 Å². The molecule has 0 bridgehead atoms. The van der Waals surface area contributed by atoms with Gasteiger partial charge in [-0.1, -0.05) is 6.92 Å². The molecule has 1 aromatic carbocycles. The number of carboxylic acid groups (broad SMARTS) is 1. The SMILES string of the molecule is CCOc1ccc(S(=O)(=O)N(CC(=O)O)C(C)CC)cc1. The van der Waals surface area contributed by atoms with Crippen molar-refractivity contribution in [2.75, 3.05) is 13.2 Å². The quantitative estimate of drug-likeness (QED) is 0.793. The van der Waals surface area contributed by atoms with E-state index in [1.54, 1.807) is 19.1 Å². The molecule has 0 spiro atoms. The Balaban J connectivity index is 3.12. The zero-order valence-corrected chi connectivity index (χ0v) is 13.3. The molecular formula is C14H21NO5S. The van der Waals surface area contributed by atoms with Gasteiger partial charge in [-0.2, -0.15) is 4.31 Å². The van der Waals surface area contributed by atoms with Crippen LogP contribution < -0.4 is 4.74 Å². The summed E-state index contributed by atoms with van der Waals surface area (Å²) in [5, 5.41) is 8.93. The lowest BCUT2D eigenvalue weighted by atomic mass is 10.2. The van der Waals surface area contributed by atoms with Crippen molar-refractivity contribution in [3.8, 4) is 5.75 Å². The molecule has 0 amide bonds. The molecule has 1 aromatic rings. The Morgan fingerprint density at radius 3 is 2.29 bits per heavy atom. The lowest BCUT2D eigenvalue weighted by Gasteiger charge is -2.26. The van der Waals surface area contributed by atoms with Crippen LogP contribution in [0.2, 0.25) is 0 Å². The Labute approximate surface area is 125 Å². The summed E-state index contributed by atoms with van der Waals surface area (Å²) in [6, 6.07) is 5.59. The molecule has 0 aliphatic rings. The number of rotatable bonds is 8. The van der Waals surface area contributed by atoms with E-state index in [0.717, 1.165) is 4.31 Å². The second-order valence-corrected chi connectivity index (χ2v) is 6.50. The van der Waals surface area contributed by atoms with Gasteiger partial charge in [-0.05, 0) is 44.5 Å². The Kier molecular flexibility index (Phi) is 6.17. The lowest BCUT2D eigenvalue weighted by molar-refractivity contribution is -0.137. The summed E-state index contributed by atoms with van der Waals surface area (Å²) < 4.78 is 31.4. The molecule has 0 fully saturated rings. The second kappa shape index (κ2) is 7.42. The third-order valence-corrected chi connectivity index (χ3v) is 5.09. The first-order valence-corrected chi connectivity index (χ1v) is 8.23. The number of hydrogen-bond donors (Lipinski definition) is 1. The maximum atomic E-state index is 12.6. The smallest absolute Gasteiger partial charge is 0.318 e. The van der Waals surface area contributed by atoms with Crippen molar-refractivity contribution >= 4 is 16.0 Å². The molecule has 0 saturated heterocycles. The molecule has 6 nitrogen and oxygen atoms in total. The molecule has 21 heavy (non-hydrogen) atoms. The van der Waals surface area contributed by atoms with Crippen LogP contribution in [0.1, 0.15) is 27.2 Å². The number of carboxylic acids is 1. The van der Waals surface area contributed by atoms with Crippen LogP contribution >= 0.6 is 0 Å². The van der Waals surface area contributed by atoms with Crippen molar-refractivity contribution in [3.05, 3.63) is 24.3 Å². The van der Waals surface area contributed by atoms with Gasteiger partial charge < -0.3 is 9.84 Å². The van der Waals surface area contributed by atoms with Gasteiger partial charge in [0, 0.05) is 6.04 Å². The number of sulfonamides is 1. The van der Waals surface area contributed by atoms with Gasteiger partial charge in [0.05, 0.1) is 11.5 Å². The number of aliphatic carboxylic acids is 1. The van der Waals surface area contributed by atoms with Gasteiger partial charge in [0.2, 0.25) is 10.0 Å².